The number of non-ortho nitro benzene ring substituents is 1. The number of ether oxygens (including phenoxy) is 1. The Labute approximate surface area is 178 Å². The van der Waals surface area contributed by atoms with Gasteiger partial charge in [-0.2, -0.15) is 0 Å². The van der Waals surface area contributed by atoms with Crippen molar-refractivity contribution < 1.29 is 14.5 Å². The molecule has 0 N–H and O–H groups in total. The smallest absolute Gasteiger partial charge is 0.270 e. The maximum absolute atomic E-state index is 12.6. The van der Waals surface area contributed by atoms with Crippen molar-refractivity contribution in [2.45, 2.75) is 0 Å². The number of benzene rings is 2. The number of rotatable bonds is 4. The van der Waals surface area contributed by atoms with Gasteiger partial charge in [0.1, 0.15) is 0 Å². The highest BCUT2D eigenvalue weighted by Crippen LogP contribution is 2.34. The normalized spacial score (nSPS) is 19.7. The highest BCUT2D eigenvalue weighted by molar-refractivity contribution is 8.18. The zero-order chi connectivity index (χ0) is 21.1. The largest absolute Gasteiger partial charge is 0.378 e. The van der Waals surface area contributed by atoms with Crippen molar-refractivity contribution in [1.82, 2.24) is 4.90 Å². The summed E-state index contributed by atoms with van der Waals surface area (Å²) in [5.41, 5.74) is 2.47. The van der Waals surface area contributed by atoms with Gasteiger partial charge in [0.15, 0.2) is 5.17 Å². The van der Waals surface area contributed by atoms with Crippen LogP contribution < -0.4 is 4.90 Å². The van der Waals surface area contributed by atoms with Crippen LogP contribution in [0.5, 0.6) is 0 Å². The van der Waals surface area contributed by atoms with E-state index in [0.29, 0.717) is 15.6 Å². The fourth-order valence-electron chi connectivity index (χ4n) is 3.20. The Kier molecular flexibility index (Phi) is 5.82. The molecule has 2 fully saturated rings. The number of thioether (sulfide) groups is 1. The monoisotopic (exact) mass is 424 g/mol. The standard InChI is InChI=1S/C21H20N4O4S/c1-23-20(26)19(14-15-3-2-4-18(13-15)25(27)28)30-21(23)22-16-5-7-17(8-6-16)24-9-11-29-12-10-24/h2-8,13-14H,9-12H2,1H3/b19-14-,22-21?. The predicted octanol–water partition coefficient (Wildman–Crippen LogP) is 3.67. The molecule has 0 aliphatic carbocycles. The Hall–Kier alpha value is -3.17. The molecule has 2 saturated heterocycles. The second-order valence-electron chi connectivity index (χ2n) is 6.84. The van der Waals surface area contributed by atoms with Crippen LogP contribution in [0.2, 0.25) is 0 Å². The van der Waals surface area contributed by atoms with Crippen LogP contribution in [-0.4, -0.2) is 54.2 Å². The first kappa shape index (κ1) is 20.1. The average molecular weight is 424 g/mol. The van der Waals surface area contributed by atoms with Gasteiger partial charge in [0.05, 0.1) is 28.7 Å². The molecule has 8 nitrogen and oxygen atoms in total. The first-order chi connectivity index (χ1) is 14.5. The minimum Gasteiger partial charge on any atom is -0.378 e. The Morgan fingerprint density at radius 2 is 1.90 bits per heavy atom. The van der Waals surface area contributed by atoms with Gasteiger partial charge < -0.3 is 9.64 Å². The fourth-order valence-corrected chi connectivity index (χ4v) is 4.19. The number of nitrogens with zero attached hydrogens (tertiary/aromatic N) is 4. The predicted molar refractivity (Wildman–Crippen MR) is 118 cm³/mol. The molecule has 2 heterocycles. The number of anilines is 1. The second kappa shape index (κ2) is 8.68. The molecule has 0 atom stereocenters. The van der Waals surface area contributed by atoms with E-state index in [1.807, 2.05) is 24.3 Å². The Bertz CT molecular complexity index is 1030. The molecule has 2 aliphatic rings. The Morgan fingerprint density at radius 3 is 2.60 bits per heavy atom. The topological polar surface area (TPSA) is 88.3 Å². The molecule has 0 unspecified atom stereocenters. The van der Waals surface area contributed by atoms with Crippen molar-refractivity contribution in [2.24, 2.45) is 4.99 Å². The number of carbonyl (C=O) groups is 1. The molecule has 0 radical (unpaired) electrons. The molecular weight excluding hydrogens is 404 g/mol. The molecule has 2 aromatic carbocycles. The van der Waals surface area contributed by atoms with Gasteiger partial charge in [-0.15, -0.1) is 0 Å². The molecule has 4 rings (SSSR count). The number of morpholine rings is 1. The van der Waals surface area contributed by atoms with Crippen molar-refractivity contribution in [3.8, 4) is 0 Å². The van der Waals surface area contributed by atoms with E-state index >= 15 is 0 Å². The van der Waals surface area contributed by atoms with Gasteiger partial charge >= 0.3 is 0 Å². The van der Waals surface area contributed by atoms with Gasteiger partial charge in [0.2, 0.25) is 0 Å². The van der Waals surface area contributed by atoms with Crippen molar-refractivity contribution >= 4 is 46.0 Å². The van der Waals surface area contributed by atoms with Crippen LogP contribution in [0.25, 0.3) is 6.08 Å². The van der Waals surface area contributed by atoms with Crippen LogP contribution in [0.1, 0.15) is 5.56 Å². The summed E-state index contributed by atoms with van der Waals surface area (Å²) in [7, 11) is 1.67. The summed E-state index contributed by atoms with van der Waals surface area (Å²) >= 11 is 1.25. The highest BCUT2D eigenvalue weighted by Gasteiger charge is 2.30. The molecule has 0 spiro atoms. The second-order valence-corrected chi connectivity index (χ2v) is 7.85. The molecule has 0 aromatic heterocycles. The minimum absolute atomic E-state index is 0.0117. The van der Waals surface area contributed by atoms with Gasteiger partial charge in [-0.1, -0.05) is 12.1 Å². The van der Waals surface area contributed by atoms with E-state index in [1.54, 1.807) is 25.3 Å². The molecule has 9 heteroatoms. The number of nitro benzene ring substituents is 1. The fraction of sp³-hybridized carbons (Fsp3) is 0.238. The lowest BCUT2D eigenvalue weighted by molar-refractivity contribution is -0.384. The SMILES string of the molecule is CN1C(=O)/C(=C/c2cccc([N+](=O)[O-])c2)SC1=Nc1ccc(N2CCOCC2)cc1. The van der Waals surface area contributed by atoms with Crippen LogP contribution >= 0.6 is 11.8 Å². The highest BCUT2D eigenvalue weighted by atomic mass is 32.2. The molecule has 154 valence electrons. The molecular formula is C21H20N4O4S. The first-order valence-electron chi connectivity index (χ1n) is 9.45. The molecule has 0 bridgehead atoms. The number of nitro groups is 1. The molecule has 1 amide bonds. The zero-order valence-electron chi connectivity index (χ0n) is 16.4. The van der Waals surface area contributed by atoms with Crippen molar-refractivity contribution in [3.63, 3.8) is 0 Å². The maximum atomic E-state index is 12.6. The summed E-state index contributed by atoms with van der Waals surface area (Å²) in [4.78, 5) is 31.9. The number of amidine groups is 1. The summed E-state index contributed by atoms with van der Waals surface area (Å²) in [5.74, 6) is -0.185. The first-order valence-corrected chi connectivity index (χ1v) is 10.3. The summed E-state index contributed by atoms with van der Waals surface area (Å²) in [6.07, 6.45) is 1.65. The van der Waals surface area contributed by atoms with Crippen molar-refractivity contribution in [3.05, 3.63) is 69.1 Å². The van der Waals surface area contributed by atoms with Gasteiger partial charge in [-0.25, -0.2) is 4.99 Å². The van der Waals surface area contributed by atoms with Crippen LogP contribution in [0.3, 0.4) is 0 Å². The van der Waals surface area contributed by atoms with E-state index in [1.165, 1.54) is 28.8 Å². The Balaban J connectivity index is 1.52. The van der Waals surface area contributed by atoms with Crippen LogP contribution in [0.4, 0.5) is 17.1 Å². The van der Waals surface area contributed by atoms with Crippen molar-refractivity contribution in [2.75, 3.05) is 38.3 Å². The van der Waals surface area contributed by atoms with E-state index in [4.69, 9.17) is 4.74 Å². The number of likely N-dealkylation sites (N-methyl/N-ethyl adjacent to an activating group) is 1. The molecule has 30 heavy (non-hydrogen) atoms. The lowest BCUT2D eigenvalue weighted by atomic mass is 10.2. The lowest BCUT2D eigenvalue weighted by Gasteiger charge is -2.28. The van der Waals surface area contributed by atoms with Gasteiger partial charge in [0, 0.05) is 38.0 Å². The number of hydrogen-bond acceptors (Lipinski definition) is 7. The van der Waals surface area contributed by atoms with E-state index < -0.39 is 4.92 Å². The molecule has 2 aliphatic heterocycles. The van der Waals surface area contributed by atoms with E-state index in [-0.39, 0.29) is 11.6 Å². The number of aliphatic imine (C=N–C) groups is 1. The van der Waals surface area contributed by atoms with E-state index in [9.17, 15) is 14.9 Å². The minimum atomic E-state index is -0.453. The van der Waals surface area contributed by atoms with Crippen LogP contribution in [0, 0.1) is 10.1 Å². The quantitative estimate of drug-likeness (QED) is 0.423. The summed E-state index contributed by atoms with van der Waals surface area (Å²) < 4.78 is 5.38. The third-order valence-corrected chi connectivity index (χ3v) is 5.89. The van der Waals surface area contributed by atoms with Gasteiger partial charge in [-0.3, -0.25) is 19.8 Å². The molecule has 2 aromatic rings. The summed E-state index contributed by atoms with van der Waals surface area (Å²) in [5, 5.41) is 11.5. The van der Waals surface area contributed by atoms with Crippen LogP contribution in [0.15, 0.2) is 58.4 Å². The Morgan fingerprint density at radius 1 is 1.17 bits per heavy atom. The number of amides is 1. The zero-order valence-corrected chi connectivity index (χ0v) is 17.2. The average Bonchev–Trinajstić information content (AvgIpc) is 3.03. The van der Waals surface area contributed by atoms with E-state index in [2.05, 4.69) is 9.89 Å². The van der Waals surface area contributed by atoms with Crippen LogP contribution in [-0.2, 0) is 9.53 Å². The third kappa shape index (κ3) is 4.37. The third-order valence-electron chi connectivity index (χ3n) is 4.83. The van der Waals surface area contributed by atoms with Gasteiger partial charge in [-0.05, 0) is 47.7 Å². The van der Waals surface area contributed by atoms with Crippen molar-refractivity contribution in [1.29, 1.82) is 0 Å². The number of hydrogen-bond donors (Lipinski definition) is 0. The summed E-state index contributed by atoms with van der Waals surface area (Å²) in [6.45, 7) is 3.19. The van der Waals surface area contributed by atoms with Gasteiger partial charge in [0.25, 0.3) is 11.6 Å². The maximum Gasteiger partial charge on any atom is 0.270 e. The molecule has 0 saturated carbocycles. The summed E-state index contributed by atoms with van der Waals surface area (Å²) in [6, 6.07) is 14.1. The number of carbonyl (C=O) groups excluding carboxylic acids is 1. The lowest BCUT2D eigenvalue weighted by Crippen LogP contribution is -2.36. The van der Waals surface area contributed by atoms with E-state index in [0.717, 1.165) is 37.7 Å².